The van der Waals surface area contributed by atoms with Gasteiger partial charge in [0.25, 0.3) is 0 Å². The summed E-state index contributed by atoms with van der Waals surface area (Å²) in [6, 6.07) is 0.0844. The van der Waals surface area contributed by atoms with Gasteiger partial charge in [0.15, 0.2) is 0 Å². The topological polar surface area (TPSA) is 66.5 Å². The molecule has 0 rings (SSSR count). The molecule has 0 fully saturated rings. The Labute approximate surface area is 78.3 Å². The van der Waals surface area contributed by atoms with Crippen LogP contribution >= 0.6 is 11.8 Å². The molecule has 0 spiro atoms. The van der Waals surface area contributed by atoms with Crippen LogP contribution in [0.1, 0.15) is 19.8 Å². The molecular formula is C8H19NO2S. The minimum atomic E-state index is 0.0844. The van der Waals surface area contributed by atoms with Crippen molar-refractivity contribution >= 4 is 11.8 Å². The highest BCUT2D eigenvalue weighted by molar-refractivity contribution is 7.99. The number of hydrogen-bond acceptors (Lipinski definition) is 4. The van der Waals surface area contributed by atoms with E-state index in [0.29, 0.717) is 11.7 Å². The van der Waals surface area contributed by atoms with Crippen molar-refractivity contribution in [2.75, 3.05) is 19.0 Å². The molecule has 0 saturated carbocycles. The second-order valence-corrected chi connectivity index (χ2v) is 4.40. The summed E-state index contributed by atoms with van der Waals surface area (Å²) in [7, 11) is 0. The van der Waals surface area contributed by atoms with E-state index >= 15 is 0 Å². The zero-order chi connectivity index (χ0) is 9.40. The Kier molecular flexibility index (Phi) is 8.01. The van der Waals surface area contributed by atoms with Crippen LogP contribution in [-0.4, -0.2) is 40.5 Å². The first-order valence-electron chi connectivity index (χ1n) is 4.29. The Balaban J connectivity index is 3.27. The summed E-state index contributed by atoms with van der Waals surface area (Å²) in [5.41, 5.74) is 5.69. The summed E-state index contributed by atoms with van der Waals surface area (Å²) in [5, 5.41) is 17.7. The highest BCUT2D eigenvalue weighted by atomic mass is 32.2. The maximum atomic E-state index is 8.62. The fourth-order valence-corrected chi connectivity index (χ4v) is 1.82. The Morgan fingerprint density at radius 3 is 2.33 bits per heavy atom. The lowest BCUT2D eigenvalue weighted by Gasteiger charge is -2.13. The van der Waals surface area contributed by atoms with Crippen molar-refractivity contribution in [3.63, 3.8) is 0 Å². The first-order valence-corrected chi connectivity index (χ1v) is 5.34. The number of aliphatic hydroxyl groups excluding tert-OH is 2. The van der Waals surface area contributed by atoms with Crippen LogP contribution in [0.25, 0.3) is 0 Å². The molecule has 0 amide bonds. The zero-order valence-corrected chi connectivity index (χ0v) is 8.39. The molecule has 0 aliphatic heterocycles. The average Bonchev–Trinajstić information content (AvgIpc) is 2.02. The number of aliphatic hydroxyl groups is 2. The Morgan fingerprint density at radius 1 is 1.25 bits per heavy atom. The number of rotatable bonds is 7. The molecule has 0 saturated heterocycles. The molecular weight excluding hydrogens is 174 g/mol. The summed E-state index contributed by atoms with van der Waals surface area (Å²) < 4.78 is 0. The molecule has 0 heterocycles. The zero-order valence-electron chi connectivity index (χ0n) is 7.57. The van der Waals surface area contributed by atoms with Crippen molar-refractivity contribution in [2.24, 2.45) is 5.73 Å². The van der Waals surface area contributed by atoms with E-state index in [2.05, 4.69) is 6.92 Å². The Bertz CT molecular complexity index is 91.1. The van der Waals surface area contributed by atoms with E-state index in [1.54, 1.807) is 11.8 Å². The maximum Gasteiger partial charge on any atom is 0.0446 e. The van der Waals surface area contributed by atoms with Gasteiger partial charge in [0.2, 0.25) is 0 Å². The van der Waals surface area contributed by atoms with Gasteiger partial charge in [-0.15, -0.1) is 0 Å². The maximum absolute atomic E-state index is 8.62. The van der Waals surface area contributed by atoms with Crippen molar-refractivity contribution in [3.8, 4) is 0 Å². The van der Waals surface area contributed by atoms with Gasteiger partial charge >= 0.3 is 0 Å². The van der Waals surface area contributed by atoms with Crippen LogP contribution in [0, 0.1) is 0 Å². The van der Waals surface area contributed by atoms with Gasteiger partial charge in [-0.05, 0) is 12.8 Å². The van der Waals surface area contributed by atoms with Crippen molar-refractivity contribution in [3.05, 3.63) is 0 Å². The molecule has 0 bridgehead atoms. The van der Waals surface area contributed by atoms with Gasteiger partial charge in [-0.1, -0.05) is 6.92 Å². The number of nitrogens with two attached hydrogens (primary N) is 1. The van der Waals surface area contributed by atoms with E-state index in [1.165, 1.54) is 0 Å². The lowest BCUT2D eigenvalue weighted by atomic mass is 10.3. The van der Waals surface area contributed by atoms with E-state index in [0.717, 1.165) is 12.2 Å². The molecule has 0 aromatic rings. The molecule has 2 atom stereocenters. The van der Waals surface area contributed by atoms with Crippen LogP contribution in [0.5, 0.6) is 0 Å². The van der Waals surface area contributed by atoms with Gasteiger partial charge in [-0.25, -0.2) is 0 Å². The van der Waals surface area contributed by atoms with Gasteiger partial charge in [-0.2, -0.15) is 11.8 Å². The van der Waals surface area contributed by atoms with E-state index in [1.807, 2.05) is 0 Å². The third-order valence-electron chi connectivity index (χ3n) is 1.63. The fourth-order valence-electron chi connectivity index (χ4n) is 0.802. The van der Waals surface area contributed by atoms with E-state index in [4.69, 9.17) is 15.9 Å². The predicted molar refractivity (Wildman–Crippen MR) is 53.3 cm³/mol. The molecule has 0 aliphatic rings. The van der Waals surface area contributed by atoms with E-state index in [-0.39, 0.29) is 19.3 Å². The van der Waals surface area contributed by atoms with Crippen molar-refractivity contribution in [2.45, 2.75) is 31.1 Å². The van der Waals surface area contributed by atoms with Crippen LogP contribution in [0.4, 0.5) is 0 Å². The van der Waals surface area contributed by atoms with Crippen molar-refractivity contribution in [1.29, 1.82) is 0 Å². The monoisotopic (exact) mass is 193 g/mol. The minimum absolute atomic E-state index is 0.0844. The second-order valence-electron chi connectivity index (χ2n) is 2.93. The number of hydrogen-bond donors (Lipinski definition) is 3. The first-order chi connectivity index (χ1) is 5.70. The SMILES string of the molecule is CC(CCO)SCC(N)CCO. The quantitative estimate of drug-likeness (QED) is 0.540. The summed E-state index contributed by atoms with van der Waals surface area (Å²) >= 11 is 1.75. The second kappa shape index (κ2) is 7.86. The molecule has 0 aromatic carbocycles. The molecule has 4 heteroatoms. The Hall–Kier alpha value is 0.230. The molecule has 2 unspecified atom stereocenters. The van der Waals surface area contributed by atoms with Gasteiger partial charge in [0.05, 0.1) is 0 Å². The van der Waals surface area contributed by atoms with Crippen LogP contribution < -0.4 is 5.73 Å². The summed E-state index contributed by atoms with van der Waals surface area (Å²) in [4.78, 5) is 0. The number of thioether (sulfide) groups is 1. The fraction of sp³-hybridized carbons (Fsp3) is 1.00. The lowest BCUT2D eigenvalue weighted by Crippen LogP contribution is -2.25. The first kappa shape index (κ1) is 12.2. The normalized spacial score (nSPS) is 16.0. The standard InChI is InChI=1S/C8H19NO2S/c1-7(2-4-10)12-6-8(9)3-5-11/h7-8,10-11H,2-6,9H2,1H3. The van der Waals surface area contributed by atoms with E-state index in [9.17, 15) is 0 Å². The largest absolute Gasteiger partial charge is 0.396 e. The predicted octanol–water partition coefficient (Wildman–Crippen LogP) is 0.200. The van der Waals surface area contributed by atoms with Crippen LogP contribution in [-0.2, 0) is 0 Å². The highest BCUT2D eigenvalue weighted by Gasteiger charge is 2.05. The molecule has 4 N–H and O–H groups in total. The third kappa shape index (κ3) is 6.91. The van der Waals surface area contributed by atoms with E-state index < -0.39 is 0 Å². The third-order valence-corrected chi connectivity index (χ3v) is 3.06. The minimum Gasteiger partial charge on any atom is -0.396 e. The van der Waals surface area contributed by atoms with Gasteiger partial charge in [0, 0.05) is 30.3 Å². The summed E-state index contributed by atoms with van der Waals surface area (Å²) in [6.45, 7) is 2.48. The lowest BCUT2D eigenvalue weighted by molar-refractivity contribution is 0.279. The molecule has 3 nitrogen and oxygen atoms in total. The van der Waals surface area contributed by atoms with Crippen LogP contribution in [0.3, 0.4) is 0 Å². The van der Waals surface area contributed by atoms with Crippen LogP contribution in [0.2, 0.25) is 0 Å². The van der Waals surface area contributed by atoms with Crippen LogP contribution in [0.15, 0.2) is 0 Å². The molecule has 74 valence electrons. The molecule has 0 radical (unpaired) electrons. The Morgan fingerprint density at radius 2 is 1.83 bits per heavy atom. The van der Waals surface area contributed by atoms with Crippen molar-refractivity contribution < 1.29 is 10.2 Å². The van der Waals surface area contributed by atoms with Crippen molar-refractivity contribution in [1.82, 2.24) is 0 Å². The molecule has 12 heavy (non-hydrogen) atoms. The average molecular weight is 193 g/mol. The molecule has 0 aliphatic carbocycles. The van der Waals surface area contributed by atoms with Gasteiger partial charge in [0.1, 0.15) is 0 Å². The molecule has 0 aromatic heterocycles. The van der Waals surface area contributed by atoms with Gasteiger partial charge < -0.3 is 15.9 Å². The summed E-state index contributed by atoms with van der Waals surface area (Å²) in [5.74, 6) is 0.863. The summed E-state index contributed by atoms with van der Waals surface area (Å²) in [6.07, 6.45) is 1.48. The smallest absolute Gasteiger partial charge is 0.0446 e. The van der Waals surface area contributed by atoms with Gasteiger partial charge in [-0.3, -0.25) is 0 Å². The highest BCUT2D eigenvalue weighted by Crippen LogP contribution is 2.14.